The Hall–Kier alpha value is -0.430. The summed E-state index contributed by atoms with van der Waals surface area (Å²) >= 11 is 1.23. The zero-order chi connectivity index (χ0) is 11.5. The Morgan fingerprint density at radius 2 is 2.20 bits per heavy atom. The van der Waals surface area contributed by atoms with Gasteiger partial charge in [-0.15, -0.1) is 11.3 Å². The van der Waals surface area contributed by atoms with Crippen LogP contribution in [0.2, 0.25) is 0 Å². The number of sulfonamides is 1. The fourth-order valence-corrected chi connectivity index (χ4v) is 3.88. The predicted octanol–water partition coefficient (Wildman–Crippen LogP) is 1.24. The highest BCUT2D eigenvalue weighted by Crippen LogP contribution is 2.22. The van der Waals surface area contributed by atoms with Crippen LogP contribution < -0.4 is 5.73 Å². The average Bonchev–Trinajstić information content (AvgIpc) is 2.66. The zero-order valence-electron chi connectivity index (χ0n) is 8.93. The quantitative estimate of drug-likeness (QED) is 0.852. The SMILES string of the molecule is CCCN(C)S(=O)(=O)c1cc(CN)cs1. The van der Waals surface area contributed by atoms with Crippen LogP contribution in [0.5, 0.6) is 0 Å². The van der Waals surface area contributed by atoms with Gasteiger partial charge in [0.15, 0.2) is 0 Å². The summed E-state index contributed by atoms with van der Waals surface area (Å²) in [7, 11) is -1.70. The number of hydrogen-bond donors (Lipinski definition) is 1. The average molecular weight is 248 g/mol. The molecule has 0 aliphatic rings. The second-order valence-corrected chi connectivity index (χ2v) is 6.49. The van der Waals surface area contributed by atoms with Gasteiger partial charge in [-0.05, 0) is 23.4 Å². The van der Waals surface area contributed by atoms with Crippen molar-refractivity contribution < 1.29 is 8.42 Å². The molecule has 0 aliphatic heterocycles. The van der Waals surface area contributed by atoms with Gasteiger partial charge >= 0.3 is 0 Å². The van der Waals surface area contributed by atoms with Crippen LogP contribution in [0.15, 0.2) is 15.7 Å². The molecule has 0 fully saturated rings. The van der Waals surface area contributed by atoms with E-state index in [2.05, 4.69) is 0 Å². The van der Waals surface area contributed by atoms with E-state index in [0.29, 0.717) is 17.3 Å². The van der Waals surface area contributed by atoms with Crippen LogP contribution in [0.4, 0.5) is 0 Å². The monoisotopic (exact) mass is 248 g/mol. The van der Waals surface area contributed by atoms with E-state index in [-0.39, 0.29) is 0 Å². The van der Waals surface area contributed by atoms with Gasteiger partial charge in [-0.1, -0.05) is 6.92 Å². The molecule has 0 radical (unpaired) electrons. The van der Waals surface area contributed by atoms with E-state index >= 15 is 0 Å². The Kier molecular flexibility index (Phi) is 4.27. The van der Waals surface area contributed by atoms with E-state index < -0.39 is 10.0 Å². The maximum atomic E-state index is 11.9. The Labute approximate surface area is 94.8 Å². The number of thiophene rings is 1. The van der Waals surface area contributed by atoms with Crippen molar-refractivity contribution in [3.63, 3.8) is 0 Å². The van der Waals surface area contributed by atoms with Crippen LogP contribution in [-0.4, -0.2) is 26.3 Å². The van der Waals surface area contributed by atoms with E-state index in [4.69, 9.17) is 5.73 Å². The fourth-order valence-electron chi connectivity index (χ4n) is 1.18. The highest BCUT2D eigenvalue weighted by molar-refractivity contribution is 7.91. The zero-order valence-corrected chi connectivity index (χ0v) is 10.6. The summed E-state index contributed by atoms with van der Waals surface area (Å²) in [5.41, 5.74) is 6.30. The Balaban J connectivity index is 2.95. The Bertz CT molecular complexity index is 412. The first-order valence-corrected chi connectivity index (χ1v) is 7.08. The molecule has 0 amide bonds. The summed E-state index contributed by atoms with van der Waals surface area (Å²) in [6.45, 7) is 2.87. The van der Waals surface area contributed by atoms with Crippen LogP contribution in [-0.2, 0) is 16.6 Å². The summed E-state index contributed by atoms with van der Waals surface area (Å²) in [5, 5.41) is 1.78. The van der Waals surface area contributed by atoms with Crippen molar-refractivity contribution in [2.24, 2.45) is 5.73 Å². The molecule has 1 rings (SSSR count). The van der Waals surface area contributed by atoms with Crippen LogP contribution in [0, 0.1) is 0 Å². The van der Waals surface area contributed by atoms with Gasteiger partial charge < -0.3 is 5.73 Å². The molecule has 0 bridgehead atoms. The summed E-state index contributed by atoms with van der Waals surface area (Å²) in [4.78, 5) is 0. The fraction of sp³-hybridized carbons (Fsp3) is 0.556. The lowest BCUT2D eigenvalue weighted by atomic mass is 10.4. The smallest absolute Gasteiger partial charge is 0.252 e. The third-order valence-corrected chi connectivity index (χ3v) is 5.39. The van der Waals surface area contributed by atoms with Gasteiger partial charge in [0.05, 0.1) is 0 Å². The molecule has 0 aromatic carbocycles. The van der Waals surface area contributed by atoms with Crippen molar-refractivity contribution in [3.05, 3.63) is 17.0 Å². The van der Waals surface area contributed by atoms with Gasteiger partial charge in [0, 0.05) is 20.1 Å². The third kappa shape index (κ3) is 2.78. The summed E-state index contributed by atoms with van der Waals surface area (Å²) in [6, 6.07) is 1.64. The van der Waals surface area contributed by atoms with Crippen LogP contribution in [0.1, 0.15) is 18.9 Å². The number of nitrogens with zero attached hydrogens (tertiary/aromatic N) is 1. The molecular weight excluding hydrogens is 232 g/mol. The summed E-state index contributed by atoms with van der Waals surface area (Å²) in [6.07, 6.45) is 0.810. The van der Waals surface area contributed by atoms with Crippen molar-refractivity contribution >= 4 is 21.4 Å². The molecule has 1 aromatic rings. The largest absolute Gasteiger partial charge is 0.326 e. The molecule has 6 heteroatoms. The molecule has 1 heterocycles. The summed E-state index contributed by atoms with van der Waals surface area (Å²) in [5.74, 6) is 0. The molecule has 4 nitrogen and oxygen atoms in total. The first-order valence-electron chi connectivity index (χ1n) is 4.76. The van der Waals surface area contributed by atoms with Crippen LogP contribution in [0.25, 0.3) is 0 Å². The lowest BCUT2D eigenvalue weighted by Crippen LogP contribution is -2.26. The second kappa shape index (κ2) is 5.07. The maximum absolute atomic E-state index is 11.9. The molecule has 1 aromatic heterocycles. The second-order valence-electron chi connectivity index (χ2n) is 3.30. The van der Waals surface area contributed by atoms with Crippen LogP contribution in [0.3, 0.4) is 0 Å². The topological polar surface area (TPSA) is 63.4 Å². The predicted molar refractivity (Wildman–Crippen MR) is 62.3 cm³/mol. The lowest BCUT2D eigenvalue weighted by Gasteiger charge is -2.14. The van der Waals surface area contributed by atoms with E-state index in [1.165, 1.54) is 15.6 Å². The van der Waals surface area contributed by atoms with E-state index in [9.17, 15) is 8.42 Å². The maximum Gasteiger partial charge on any atom is 0.252 e. The van der Waals surface area contributed by atoms with Crippen molar-refractivity contribution in [3.8, 4) is 0 Å². The van der Waals surface area contributed by atoms with Gasteiger partial charge in [0.1, 0.15) is 4.21 Å². The normalized spacial score (nSPS) is 12.3. The minimum absolute atomic E-state index is 0.374. The van der Waals surface area contributed by atoms with Gasteiger partial charge in [-0.2, -0.15) is 0 Å². The van der Waals surface area contributed by atoms with Crippen molar-refractivity contribution in [1.29, 1.82) is 0 Å². The molecule has 0 saturated heterocycles. The van der Waals surface area contributed by atoms with Crippen molar-refractivity contribution in [1.82, 2.24) is 4.31 Å². The molecule has 0 saturated carbocycles. The molecule has 0 spiro atoms. The first kappa shape index (κ1) is 12.6. The van der Waals surface area contributed by atoms with Gasteiger partial charge in [0.2, 0.25) is 0 Å². The molecule has 86 valence electrons. The number of hydrogen-bond acceptors (Lipinski definition) is 4. The Morgan fingerprint density at radius 1 is 1.53 bits per heavy atom. The molecule has 0 atom stereocenters. The third-order valence-electron chi connectivity index (χ3n) is 2.07. The minimum Gasteiger partial charge on any atom is -0.326 e. The molecular formula is C9H16N2O2S2. The van der Waals surface area contributed by atoms with E-state index in [1.807, 2.05) is 6.92 Å². The number of nitrogens with two attached hydrogens (primary N) is 1. The molecule has 0 aliphatic carbocycles. The van der Waals surface area contributed by atoms with Crippen LogP contribution >= 0.6 is 11.3 Å². The van der Waals surface area contributed by atoms with Gasteiger partial charge in [-0.3, -0.25) is 0 Å². The molecule has 2 N–H and O–H groups in total. The van der Waals surface area contributed by atoms with Gasteiger partial charge in [0.25, 0.3) is 10.0 Å². The minimum atomic E-state index is -3.29. The van der Waals surface area contributed by atoms with Crippen molar-refractivity contribution in [2.75, 3.05) is 13.6 Å². The van der Waals surface area contributed by atoms with Crippen molar-refractivity contribution in [2.45, 2.75) is 24.1 Å². The molecule has 0 unspecified atom stereocenters. The summed E-state index contributed by atoms with van der Waals surface area (Å²) < 4.78 is 25.6. The number of rotatable bonds is 5. The highest BCUT2D eigenvalue weighted by atomic mass is 32.2. The first-order chi connectivity index (χ1) is 7.02. The Morgan fingerprint density at radius 3 is 2.67 bits per heavy atom. The standard InChI is InChI=1S/C9H16N2O2S2/c1-3-4-11(2)15(12,13)9-5-8(6-10)7-14-9/h5,7H,3-4,6,10H2,1-2H3. The van der Waals surface area contributed by atoms with Gasteiger partial charge in [-0.25, -0.2) is 12.7 Å². The van der Waals surface area contributed by atoms with E-state index in [1.54, 1.807) is 18.5 Å². The molecule has 15 heavy (non-hydrogen) atoms. The lowest BCUT2D eigenvalue weighted by molar-refractivity contribution is 0.470. The highest BCUT2D eigenvalue weighted by Gasteiger charge is 2.21. The van der Waals surface area contributed by atoms with E-state index in [0.717, 1.165) is 12.0 Å².